The lowest BCUT2D eigenvalue weighted by molar-refractivity contribution is 0.473. The van der Waals surface area contributed by atoms with Crippen LogP contribution in [-0.4, -0.2) is 10.3 Å². The zero-order valence-corrected chi connectivity index (χ0v) is 15.7. The SMILES string of the molecule is CC(C)CCC(C)(C)PC(C)(C)CCC(C)C.Cl. The molecule has 112 valence electrons. The van der Waals surface area contributed by atoms with Gasteiger partial charge in [0, 0.05) is 0 Å². The van der Waals surface area contributed by atoms with Crippen molar-refractivity contribution in [2.45, 2.75) is 91.4 Å². The molecule has 0 radical (unpaired) electrons. The zero-order chi connectivity index (χ0) is 13.7. The average molecular weight is 295 g/mol. The largest absolute Gasteiger partial charge is 0.147 e. The molecule has 0 heterocycles. The van der Waals surface area contributed by atoms with Crippen molar-refractivity contribution in [2.75, 3.05) is 0 Å². The lowest BCUT2D eigenvalue weighted by Gasteiger charge is -2.36. The molecule has 0 aliphatic carbocycles. The van der Waals surface area contributed by atoms with E-state index in [1.54, 1.807) is 0 Å². The summed E-state index contributed by atoms with van der Waals surface area (Å²) in [5.74, 6) is 1.69. The van der Waals surface area contributed by atoms with E-state index in [1.807, 2.05) is 0 Å². The van der Waals surface area contributed by atoms with Gasteiger partial charge in [-0.2, -0.15) is 0 Å². The first-order valence-electron chi connectivity index (χ1n) is 7.33. The molecular formula is C16H36ClP. The molecule has 0 amide bonds. The number of halogens is 1. The Morgan fingerprint density at radius 1 is 0.722 bits per heavy atom. The van der Waals surface area contributed by atoms with Crippen LogP contribution in [0.25, 0.3) is 0 Å². The molecule has 0 aliphatic heterocycles. The summed E-state index contributed by atoms with van der Waals surface area (Å²) in [6.45, 7) is 19.2. The van der Waals surface area contributed by atoms with Gasteiger partial charge in [-0.05, 0) is 35.0 Å². The van der Waals surface area contributed by atoms with Gasteiger partial charge >= 0.3 is 0 Å². The maximum absolute atomic E-state index is 2.46. The summed E-state index contributed by atoms with van der Waals surface area (Å²) in [6, 6.07) is 0. The first kappa shape index (κ1) is 21.0. The topological polar surface area (TPSA) is 0 Å². The Morgan fingerprint density at radius 2 is 1.00 bits per heavy atom. The van der Waals surface area contributed by atoms with Gasteiger partial charge in [-0.25, -0.2) is 0 Å². The molecule has 0 aromatic heterocycles. The third kappa shape index (κ3) is 11.8. The van der Waals surface area contributed by atoms with Gasteiger partial charge < -0.3 is 0 Å². The van der Waals surface area contributed by atoms with Crippen LogP contribution >= 0.6 is 21.0 Å². The molecule has 0 aliphatic rings. The van der Waals surface area contributed by atoms with Crippen LogP contribution in [0.2, 0.25) is 0 Å². The van der Waals surface area contributed by atoms with E-state index in [0.717, 1.165) is 20.4 Å². The highest BCUT2D eigenvalue weighted by molar-refractivity contribution is 7.41. The number of hydrogen-bond acceptors (Lipinski definition) is 0. The summed E-state index contributed by atoms with van der Waals surface area (Å²) in [5.41, 5.74) is 0. The summed E-state index contributed by atoms with van der Waals surface area (Å²) < 4.78 is 0. The van der Waals surface area contributed by atoms with Crippen molar-refractivity contribution in [2.24, 2.45) is 11.8 Å². The van der Waals surface area contributed by atoms with Crippen LogP contribution in [0, 0.1) is 11.8 Å². The predicted octanol–water partition coefficient (Wildman–Crippen LogP) is 6.52. The van der Waals surface area contributed by atoms with Gasteiger partial charge in [0.05, 0.1) is 0 Å². The highest BCUT2D eigenvalue weighted by Crippen LogP contribution is 2.48. The molecule has 0 atom stereocenters. The zero-order valence-electron chi connectivity index (χ0n) is 13.9. The third-order valence-corrected chi connectivity index (χ3v) is 5.22. The number of rotatable bonds is 8. The normalized spacial score (nSPS) is 13.0. The van der Waals surface area contributed by atoms with Crippen molar-refractivity contribution in [3.63, 3.8) is 0 Å². The second-order valence-electron chi connectivity index (χ2n) is 7.76. The van der Waals surface area contributed by atoms with Gasteiger partial charge in [0.25, 0.3) is 0 Å². The van der Waals surface area contributed by atoms with Crippen molar-refractivity contribution in [1.29, 1.82) is 0 Å². The molecule has 18 heavy (non-hydrogen) atoms. The average Bonchev–Trinajstić information content (AvgIpc) is 2.10. The Kier molecular flexibility index (Phi) is 10.3. The van der Waals surface area contributed by atoms with E-state index in [9.17, 15) is 0 Å². The quantitative estimate of drug-likeness (QED) is 0.447. The minimum atomic E-state index is 0. The standard InChI is InChI=1S/C16H35P.ClH/c1-13(2)9-11-15(5,6)17-16(7,8)12-10-14(3)4;/h13-14,17H,9-12H2,1-8H3;1H. The second-order valence-corrected chi connectivity index (χ2v) is 10.7. The molecular weight excluding hydrogens is 259 g/mol. The Balaban J connectivity index is 0. The second kappa shape index (κ2) is 8.80. The van der Waals surface area contributed by atoms with Gasteiger partial charge in [-0.15, -0.1) is 21.0 Å². The van der Waals surface area contributed by atoms with Crippen LogP contribution in [0.4, 0.5) is 0 Å². The van der Waals surface area contributed by atoms with E-state index < -0.39 is 0 Å². The van der Waals surface area contributed by atoms with Crippen molar-refractivity contribution in [3.8, 4) is 0 Å². The van der Waals surface area contributed by atoms with Gasteiger partial charge in [-0.1, -0.05) is 68.2 Å². The maximum Gasteiger partial charge on any atom is -0.0174 e. The predicted molar refractivity (Wildman–Crippen MR) is 91.9 cm³/mol. The minimum absolute atomic E-state index is 0. The van der Waals surface area contributed by atoms with E-state index in [-0.39, 0.29) is 12.4 Å². The molecule has 0 N–H and O–H groups in total. The summed E-state index contributed by atoms with van der Waals surface area (Å²) in [4.78, 5) is 0. The molecule has 0 spiro atoms. The fraction of sp³-hybridized carbons (Fsp3) is 1.00. The Bertz CT molecular complexity index is 185. The lowest BCUT2D eigenvalue weighted by Crippen LogP contribution is -2.24. The van der Waals surface area contributed by atoms with E-state index in [2.05, 4.69) is 55.4 Å². The molecule has 0 saturated heterocycles. The van der Waals surface area contributed by atoms with Crippen molar-refractivity contribution in [1.82, 2.24) is 0 Å². The molecule has 0 rings (SSSR count). The smallest absolute Gasteiger partial charge is 0.0174 e. The molecule has 0 saturated carbocycles. The lowest BCUT2D eigenvalue weighted by atomic mass is 9.99. The van der Waals surface area contributed by atoms with E-state index >= 15 is 0 Å². The van der Waals surface area contributed by atoms with Gasteiger partial charge in [0.2, 0.25) is 0 Å². The summed E-state index contributed by atoms with van der Waals surface area (Å²) in [5, 5.41) is 1.06. The third-order valence-electron chi connectivity index (χ3n) is 3.37. The summed E-state index contributed by atoms with van der Waals surface area (Å²) >= 11 is 0. The minimum Gasteiger partial charge on any atom is -0.147 e. The highest BCUT2D eigenvalue weighted by atomic mass is 35.5. The Morgan fingerprint density at radius 3 is 1.22 bits per heavy atom. The van der Waals surface area contributed by atoms with Crippen molar-refractivity contribution in [3.05, 3.63) is 0 Å². The Hall–Kier alpha value is 0.720. The maximum atomic E-state index is 2.46. The van der Waals surface area contributed by atoms with E-state index in [4.69, 9.17) is 0 Å². The highest BCUT2D eigenvalue weighted by Gasteiger charge is 2.28. The van der Waals surface area contributed by atoms with Crippen LogP contribution in [0.5, 0.6) is 0 Å². The van der Waals surface area contributed by atoms with Gasteiger partial charge in [-0.3, -0.25) is 0 Å². The molecule has 0 aromatic carbocycles. The van der Waals surface area contributed by atoms with Crippen LogP contribution in [0.1, 0.15) is 81.1 Å². The fourth-order valence-corrected chi connectivity index (χ4v) is 4.71. The first-order chi connectivity index (χ1) is 7.54. The van der Waals surface area contributed by atoms with Crippen LogP contribution in [0.15, 0.2) is 0 Å². The van der Waals surface area contributed by atoms with E-state index in [1.165, 1.54) is 25.7 Å². The monoisotopic (exact) mass is 294 g/mol. The van der Waals surface area contributed by atoms with Gasteiger partial charge in [0.1, 0.15) is 0 Å². The van der Waals surface area contributed by atoms with E-state index in [0.29, 0.717) is 10.3 Å². The van der Waals surface area contributed by atoms with Gasteiger partial charge in [0.15, 0.2) is 0 Å². The van der Waals surface area contributed by atoms with Crippen LogP contribution < -0.4 is 0 Å². The first-order valence-corrected chi connectivity index (χ1v) is 8.33. The summed E-state index contributed by atoms with van der Waals surface area (Å²) in [7, 11) is 1.08. The molecule has 0 bridgehead atoms. The number of hydrogen-bond donors (Lipinski definition) is 0. The van der Waals surface area contributed by atoms with Crippen LogP contribution in [-0.2, 0) is 0 Å². The summed E-state index contributed by atoms with van der Waals surface area (Å²) in [6.07, 6.45) is 5.52. The van der Waals surface area contributed by atoms with Crippen LogP contribution in [0.3, 0.4) is 0 Å². The Labute approximate surface area is 124 Å². The molecule has 0 unspecified atom stereocenters. The molecule has 0 nitrogen and oxygen atoms in total. The molecule has 0 aromatic rings. The molecule has 2 heteroatoms. The van der Waals surface area contributed by atoms with Crippen molar-refractivity contribution >= 4 is 21.0 Å². The molecule has 0 fully saturated rings. The fourth-order valence-electron chi connectivity index (χ4n) is 2.34. The van der Waals surface area contributed by atoms with Crippen molar-refractivity contribution < 1.29 is 0 Å².